The van der Waals surface area contributed by atoms with Crippen LogP contribution < -0.4 is 30.4 Å². The molecule has 2 aromatic carbocycles. The minimum atomic E-state index is -0.708. The number of aromatic nitrogens is 2. The summed E-state index contributed by atoms with van der Waals surface area (Å²) in [5.41, 5.74) is 14.7. The van der Waals surface area contributed by atoms with Crippen LogP contribution in [0.4, 0.5) is 5.82 Å². The minimum Gasteiger partial charge on any atom is -0.493 e. The number of thioether (sulfide) groups is 1. The Kier molecular flexibility index (Phi) is 7.10. The third kappa shape index (κ3) is 4.60. The molecule has 0 spiro atoms. The lowest BCUT2D eigenvalue weighted by atomic mass is 9.84. The molecule has 11 heteroatoms. The van der Waals surface area contributed by atoms with Crippen LogP contribution in [0.5, 0.6) is 23.1 Å². The molecule has 35 heavy (non-hydrogen) atoms. The van der Waals surface area contributed by atoms with Crippen molar-refractivity contribution in [2.24, 2.45) is 5.73 Å². The standard InChI is InChI=1S/C24H22ClN5O4S/c1-31-16-8-13(9-17(32-2)20(16)33-3)18-14(10-26)22(28)34-23-19(18)21(27)29-24(30-23)35-11-12-6-4-5-7-15(12)25/h4-9,18H,11,28H2,1-3H3,(H2,27,29,30)/t18-/m1/s1. The number of allylic oxidation sites excluding steroid dienone is 1. The van der Waals surface area contributed by atoms with Crippen molar-refractivity contribution in [3.63, 3.8) is 0 Å². The number of halogens is 1. The first-order valence-electron chi connectivity index (χ1n) is 10.3. The fraction of sp³-hybridized carbons (Fsp3) is 0.208. The number of anilines is 1. The van der Waals surface area contributed by atoms with E-state index in [4.69, 9.17) is 42.0 Å². The molecule has 1 aliphatic heterocycles. The van der Waals surface area contributed by atoms with Crippen LogP contribution in [-0.4, -0.2) is 31.3 Å². The third-order valence-electron chi connectivity index (χ3n) is 5.42. The number of nitrogens with two attached hydrogens (primary N) is 2. The van der Waals surface area contributed by atoms with E-state index in [2.05, 4.69) is 16.0 Å². The van der Waals surface area contributed by atoms with Gasteiger partial charge >= 0.3 is 0 Å². The Balaban J connectivity index is 1.80. The number of benzene rings is 2. The summed E-state index contributed by atoms with van der Waals surface area (Å²) in [4.78, 5) is 8.99. The number of hydrogen-bond donors (Lipinski definition) is 2. The molecule has 0 saturated carbocycles. The van der Waals surface area contributed by atoms with E-state index in [1.807, 2.05) is 24.3 Å². The summed E-state index contributed by atoms with van der Waals surface area (Å²) in [6.07, 6.45) is 0. The zero-order valence-electron chi connectivity index (χ0n) is 19.2. The van der Waals surface area contributed by atoms with Gasteiger partial charge in [0.1, 0.15) is 17.5 Å². The van der Waals surface area contributed by atoms with Crippen molar-refractivity contribution in [3.8, 4) is 29.2 Å². The number of nitriles is 1. The molecule has 9 nitrogen and oxygen atoms in total. The summed E-state index contributed by atoms with van der Waals surface area (Å²) in [6, 6.07) is 13.1. The second-order valence-corrected chi connectivity index (χ2v) is 8.72. The minimum absolute atomic E-state index is 0.0705. The summed E-state index contributed by atoms with van der Waals surface area (Å²) < 4.78 is 22.1. The Morgan fingerprint density at radius 2 is 1.77 bits per heavy atom. The van der Waals surface area contributed by atoms with Crippen LogP contribution in [0.3, 0.4) is 0 Å². The molecule has 0 bridgehead atoms. The van der Waals surface area contributed by atoms with Crippen molar-refractivity contribution in [3.05, 3.63) is 69.6 Å². The van der Waals surface area contributed by atoms with Gasteiger partial charge < -0.3 is 30.4 Å². The van der Waals surface area contributed by atoms with Gasteiger partial charge in [-0.1, -0.05) is 41.6 Å². The van der Waals surface area contributed by atoms with E-state index >= 15 is 0 Å². The largest absolute Gasteiger partial charge is 0.493 e. The van der Waals surface area contributed by atoms with Crippen molar-refractivity contribution >= 4 is 29.2 Å². The highest BCUT2D eigenvalue weighted by Crippen LogP contribution is 2.48. The Morgan fingerprint density at radius 3 is 2.37 bits per heavy atom. The van der Waals surface area contributed by atoms with E-state index in [0.29, 0.717) is 44.3 Å². The van der Waals surface area contributed by atoms with Crippen molar-refractivity contribution in [1.29, 1.82) is 5.26 Å². The molecule has 3 aromatic rings. The summed E-state index contributed by atoms with van der Waals surface area (Å²) in [6.45, 7) is 0. The lowest BCUT2D eigenvalue weighted by molar-refractivity contribution is 0.323. The van der Waals surface area contributed by atoms with E-state index in [0.717, 1.165) is 5.56 Å². The van der Waals surface area contributed by atoms with Crippen LogP contribution >= 0.6 is 23.4 Å². The van der Waals surface area contributed by atoms with E-state index in [-0.39, 0.29) is 23.2 Å². The quantitative estimate of drug-likeness (QED) is 0.349. The van der Waals surface area contributed by atoms with Gasteiger partial charge in [0.2, 0.25) is 17.5 Å². The Morgan fingerprint density at radius 1 is 1.09 bits per heavy atom. The van der Waals surface area contributed by atoms with E-state index in [1.165, 1.54) is 33.1 Å². The maximum absolute atomic E-state index is 9.90. The van der Waals surface area contributed by atoms with Gasteiger partial charge in [-0.2, -0.15) is 10.2 Å². The number of methoxy groups -OCH3 is 3. The summed E-state index contributed by atoms with van der Waals surface area (Å²) in [7, 11) is 4.53. The van der Waals surface area contributed by atoms with Crippen molar-refractivity contribution in [2.75, 3.05) is 27.1 Å². The van der Waals surface area contributed by atoms with E-state index < -0.39 is 5.92 Å². The highest BCUT2D eigenvalue weighted by atomic mass is 35.5. The van der Waals surface area contributed by atoms with Crippen molar-refractivity contribution in [1.82, 2.24) is 9.97 Å². The number of rotatable bonds is 7. The molecule has 0 saturated heterocycles. The first-order valence-corrected chi connectivity index (χ1v) is 11.7. The molecule has 1 aromatic heterocycles. The first kappa shape index (κ1) is 24.3. The second kappa shape index (κ2) is 10.2. The molecule has 1 atom stereocenters. The lowest BCUT2D eigenvalue weighted by Crippen LogP contribution is -2.24. The molecule has 4 rings (SSSR count). The topological polar surface area (TPSA) is 139 Å². The van der Waals surface area contributed by atoms with Gasteiger partial charge in [-0.25, -0.2) is 4.98 Å². The number of nitrogens with zero attached hydrogens (tertiary/aromatic N) is 3. The maximum Gasteiger partial charge on any atom is 0.231 e. The van der Waals surface area contributed by atoms with Crippen LogP contribution in [0, 0.1) is 11.3 Å². The van der Waals surface area contributed by atoms with Gasteiger partial charge in [0, 0.05) is 10.8 Å². The van der Waals surface area contributed by atoms with Gasteiger partial charge in [0.15, 0.2) is 16.7 Å². The van der Waals surface area contributed by atoms with Gasteiger partial charge in [-0.05, 0) is 29.3 Å². The molecule has 0 aliphatic carbocycles. The van der Waals surface area contributed by atoms with Gasteiger partial charge in [-0.3, -0.25) is 0 Å². The zero-order chi connectivity index (χ0) is 25.1. The third-order valence-corrected chi connectivity index (χ3v) is 6.69. The molecule has 4 N–H and O–H groups in total. The summed E-state index contributed by atoms with van der Waals surface area (Å²) in [5, 5.41) is 10.9. The van der Waals surface area contributed by atoms with Crippen LogP contribution in [0.15, 0.2) is 53.0 Å². The second-order valence-electron chi connectivity index (χ2n) is 7.37. The molecular formula is C24H22ClN5O4S. The zero-order valence-corrected chi connectivity index (χ0v) is 20.7. The van der Waals surface area contributed by atoms with E-state index in [9.17, 15) is 5.26 Å². The van der Waals surface area contributed by atoms with Crippen LogP contribution in [-0.2, 0) is 5.75 Å². The average Bonchev–Trinajstić information content (AvgIpc) is 2.86. The highest BCUT2D eigenvalue weighted by molar-refractivity contribution is 7.98. The predicted molar refractivity (Wildman–Crippen MR) is 133 cm³/mol. The SMILES string of the molecule is COc1cc([C@@H]2C(C#N)=C(N)Oc3nc(SCc4ccccc4Cl)nc(N)c32)cc(OC)c1OC. The average molecular weight is 512 g/mol. The number of fused-ring (bicyclic) bond motifs is 1. The fourth-order valence-electron chi connectivity index (χ4n) is 3.78. The van der Waals surface area contributed by atoms with Gasteiger partial charge in [0.05, 0.1) is 32.8 Å². The lowest BCUT2D eigenvalue weighted by Gasteiger charge is -2.27. The highest BCUT2D eigenvalue weighted by Gasteiger charge is 2.36. The molecule has 2 heterocycles. The maximum atomic E-state index is 9.90. The Hall–Kier alpha value is -3.81. The molecular weight excluding hydrogens is 490 g/mol. The van der Waals surface area contributed by atoms with Gasteiger partial charge in [-0.15, -0.1) is 0 Å². The smallest absolute Gasteiger partial charge is 0.231 e. The van der Waals surface area contributed by atoms with Crippen molar-refractivity contribution in [2.45, 2.75) is 16.8 Å². The first-order chi connectivity index (χ1) is 16.9. The molecule has 180 valence electrons. The number of nitrogen functional groups attached to an aromatic ring is 1. The molecule has 0 radical (unpaired) electrons. The Labute approximate surface area is 211 Å². The van der Waals surface area contributed by atoms with Crippen LogP contribution in [0.1, 0.15) is 22.6 Å². The summed E-state index contributed by atoms with van der Waals surface area (Å²) in [5.74, 6) is 1.33. The molecule has 0 amide bonds. The number of ether oxygens (including phenoxy) is 4. The predicted octanol–water partition coefficient (Wildman–Crippen LogP) is 4.25. The van der Waals surface area contributed by atoms with E-state index in [1.54, 1.807) is 12.1 Å². The number of hydrogen-bond acceptors (Lipinski definition) is 10. The van der Waals surface area contributed by atoms with Crippen LogP contribution in [0.25, 0.3) is 0 Å². The molecule has 0 unspecified atom stereocenters. The van der Waals surface area contributed by atoms with Crippen LogP contribution in [0.2, 0.25) is 5.02 Å². The normalized spacial score (nSPS) is 14.5. The van der Waals surface area contributed by atoms with Crippen molar-refractivity contribution < 1.29 is 18.9 Å². The molecule has 1 aliphatic rings. The monoisotopic (exact) mass is 511 g/mol. The Bertz CT molecular complexity index is 1330. The fourth-order valence-corrected chi connectivity index (χ4v) is 4.91. The molecule has 0 fully saturated rings. The summed E-state index contributed by atoms with van der Waals surface area (Å²) >= 11 is 7.61. The van der Waals surface area contributed by atoms with Gasteiger partial charge in [0.25, 0.3) is 0 Å².